The summed E-state index contributed by atoms with van der Waals surface area (Å²) in [5, 5.41) is 5.59. The molecule has 1 nitrogen and oxygen atoms in total. The van der Waals surface area contributed by atoms with E-state index in [2.05, 4.69) is 39.7 Å². The number of rotatable bonds is 5. The molecule has 3 heteroatoms. The number of likely N-dealkylation sites (N-methyl/N-ethyl adjacent to an activating group) is 1. The van der Waals surface area contributed by atoms with Crippen LogP contribution in [0.4, 0.5) is 0 Å². The van der Waals surface area contributed by atoms with Crippen LogP contribution in [0.25, 0.3) is 0 Å². The van der Waals surface area contributed by atoms with Crippen LogP contribution in [0, 0.1) is 5.92 Å². The summed E-state index contributed by atoms with van der Waals surface area (Å²) in [7, 11) is 2.08. The largest absolute Gasteiger partial charge is 0.317 e. The van der Waals surface area contributed by atoms with Gasteiger partial charge in [-0.15, -0.1) is 11.3 Å². The predicted octanol–water partition coefficient (Wildman–Crippen LogP) is 3.44. The smallest absolute Gasteiger partial charge is 0.0285 e. The van der Waals surface area contributed by atoms with Gasteiger partial charge >= 0.3 is 0 Å². The van der Waals surface area contributed by atoms with Gasteiger partial charge in [0, 0.05) is 20.8 Å². The lowest BCUT2D eigenvalue weighted by Gasteiger charge is -2.14. The maximum Gasteiger partial charge on any atom is 0.0285 e. The molecule has 0 aliphatic heterocycles. The van der Waals surface area contributed by atoms with Crippen LogP contribution < -0.4 is 5.32 Å². The first kappa shape index (κ1) is 10.7. The van der Waals surface area contributed by atoms with E-state index in [0.29, 0.717) is 6.04 Å². The lowest BCUT2D eigenvalue weighted by atomic mass is 10.1. The highest BCUT2D eigenvalue weighted by Crippen LogP contribution is 2.34. The number of hydrogen-bond acceptors (Lipinski definition) is 2. The van der Waals surface area contributed by atoms with Crippen molar-refractivity contribution in [2.45, 2.75) is 31.7 Å². The molecule has 0 aromatic carbocycles. The van der Waals surface area contributed by atoms with Gasteiger partial charge in [0.25, 0.3) is 0 Å². The van der Waals surface area contributed by atoms with E-state index in [4.69, 9.17) is 0 Å². The van der Waals surface area contributed by atoms with E-state index in [0.717, 1.165) is 5.92 Å². The van der Waals surface area contributed by atoms with Crippen LogP contribution in [-0.2, 0) is 6.42 Å². The summed E-state index contributed by atoms with van der Waals surface area (Å²) >= 11 is 5.35. The summed E-state index contributed by atoms with van der Waals surface area (Å²) in [6, 6.07) is 2.91. The van der Waals surface area contributed by atoms with Crippen molar-refractivity contribution in [3.8, 4) is 0 Å². The Bertz CT molecular complexity index is 293. The van der Waals surface area contributed by atoms with E-state index in [9.17, 15) is 0 Å². The number of thiophene rings is 1. The molecule has 78 valence electrons. The zero-order valence-corrected chi connectivity index (χ0v) is 10.8. The van der Waals surface area contributed by atoms with Crippen LogP contribution in [0.1, 0.15) is 24.1 Å². The molecule has 1 aromatic heterocycles. The Morgan fingerprint density at radius 1 is 1.64 bits per heavy atom. The Hall–Kier alpha value is 0.140. The lowest BCUT2D eigenvalue weighted by Crippen LogP contribution is -2.27. The summed E-state index contributed by atoms with van der Waals surface area (Å²) in [5.74, 6) is 1.01. The molecular formula is C11H16BrNS. The third kappa shape index (κ3) is 3.07. The van der Waals surface area contributed by atoms with Gasteiger partial charge in [-0.2, -0.15) is 0 Å². The Kier molecular flexibility index (Phi) is 3.63. The molecule has 1 aliphatic rings. The van der Waals surface area contributed by atoms with Gasteiger partial charge in [0.05, 0.1) is 0 Å². The standard InChI is InChI=1S/C11H16BrNS/c1-13-10(4-8-2-3-8)6-11-5-9(12)7-14-11/h5,7-8,10,13H,2-4,6H2,1H3. The molecule has 1 heterocycles. The Labute approximate surface area is 98.0 Å². The first-order valence-electron chi connectivity index (χ1n) is 5.18. The van der Waals surface area contributed by atoms with E-state index in [1.54, 1.807) is 0 Å². The van der Waals surface area contributed by atoms with E-state index < -0.39 is 0 Å². The molecular weight excluding hydrogens is 258 g/mol. The van der Waals surface area contributed by atoms with Crippen molar-refractivity contribution in [3.05, 3.63) is 20.8 Å². The van der Waals surface area contributed by atoms with Crippen molar-refractivity contribution >= 4 is 27.3 Å². The average molecular weight is 274 g/mol. The SMILES string of the molecule is CNC(Cc1cc(Br)cs1)CC1CC1. The van der Waals surface area contributed by atoms with Crippen LogP contribution in [0.5, 0.6) is 0 Å². The summed E-state index contributed by atoms with van der Waals surface area (Å²) in [5.41, 5.74) is 0. The zero-order chi connectivity index (χ0) is 9.97. The Morgan fingerprint density at radius 3 is 2.93 bits per heavy atom. The summed E-state index contributed by atoms with van der Waals surface area (Å²) in [4.78, 5) is 1.48. The fourth-order valence-electron chi connectivity index (χ4n) is 1.76. The monoisotopic (exact) mass is 273 g/mol. The molecule has 0 saturated heterocycles. The van der Waals surface area contributed by atoms with Crippen molar-refractivity contribution in [1.82, 2.24) is 5.32 Å². The first-order chi connectivity index (χ1) is 6.78. The van der Waals surface area contributed by atoms with Gasteiger partial charge in [-0.1, -0.05) is 12.8 Å². The van der Waals surface area contributed by atoms with Gasteiger partial charge in [-0.05, 0) is 47.8 Å². The first-order valence-corrected chi connectivity index (χ1v) is 6.85. The molecule has 0 radical (unpaired) electrons. The second-order valence-electron chi connectivity index (χ2n) is 4.10. The third-order valence-corrected chi connectivity index (χ3v) is 4.51. The van der Waals surface area contributed by atoms with E-state index in [1.165, 1.54) is 35.0 Å². The molecule has 1 aromatic rings. The molecule has 2 rings (SSSR count). The molecule has 14 heavy (non-hydrogen) atoms. The third-order valence-electron chi connectivity index (χ3n) is 2.79. The fourth-order valence-corrected chi connectivity index (χ4v) is 3.30. The van der Waals surface area contributed by atoms with Gasteiger partial charge in [0.1, 0.15) is 0 Å². The number of halogens is 1. The van der Waals surface area contributed by atoms with Crippen molar-refractivity contribution in [3.63, 3.8) is 0 Å². The van der Waals surface area contributed by atoms with E-state index in [-0.39, 0.29) is 0 Å². The minimum absolute atomic E-state index is 0.674. The number of nitrogens with one attached hydrogen (secondary N) is 1. The summed E-state index contributed by atoms with van der Waals surface area (Å²) in [6.45, 7) is 0. The van der Waals surface area contributed by atoms with Gasteiger partial charge in [-0.3, -0.25) is 0 Å². The van der Waals surface area contributed by atoms with Crippen molar-refractivity contribution < 1.29 is 0 Å². The summed E-state index contributed by atoms with van der Waals surface area (Å²) in [6.07, 6.45) is 5.44. The van der Waals surface area contributed by atoms with Gasteiger partial charge < -0.3 is 5.32 Å². The molecule has 0 spiro atoms. The minimum Gasteiger partial charge on any atom is -0.317 e. The Balaban J connectivity index is 1.86. The number of hydrogen-bond donors (Lipinski definition) is 1. The fraction of sp³-hybridized carbons (Fsp3) is 0.636. The molecule has 0 amide bonds. The van der Waals surface area contributed by atoms with Crippen LogP contribution >= 0.6 is 27.3 Å². The quantitative estimate of drug-likeness (QED) is 0.867. The van der Waals surface area contributed by atoms with Gasteiger partial charge in [-0.25, -0.2) is 0 Å². The van der Waals surface area contributed by atoms with Crippen molar-refractivity contribution in [2.75, 3.05) is 7.05 Å². The topological polar surface area (TPSA) is 12.0 Å². The molecule has 1 N–H and O–H groups in total. The average Bonchev–Trinajstić information content (AvgIpc) is 2.89. The van der Waals surface area contributed by atoms with Gasteiger partial charge in [0.2, 0.25) is 0 Å². The molecule has 1 unspecified atom stereocenters. The van der Waals surface area contributed by atoms with Crippen molar-refractivity contribution in [2.24, 2.45) is 5.92 Å². The molecule has 1 atom stereocenters. The maximum atomic E-state index is 3.50. The van der Waals surface area contributed by atoms with Crippen LogP contribution in [-0.4, -0.2) is 13.1 Å². The second kappa shape index (κ2) is 4.77. The van der Waals surface area contributed by atoms with Crippen LogP contribution in [0.3, 0.4) is 0 Å². The highest BCUT2D eigenvalue weighted by molar-refractivity contribution is 9.10. The molecule has 0 bridgehead atoms. The van der Waals surface area contributed by atoms with Gasteiger partial charge in [0.15, 0.2) is 0 Å². The highest BCUT2D eigenvalue weighted by Gasteiger charge is 2.24. The molecule has 1 saturated carbocycles. The van der Waals surface area contributed by atoms with Crippen molar-refractivity contribution in [1.29, 1.82) is 0 Å². The lowest BCUT2D eigenvalue weighted by molar-refractivity contribution is 0.493. The van der Waals surface area contributed by atoms with Crippen LogP contribution in [0.15, 0.2) is 15.9 Å². The Morgan fingerprint density at radius 2 is 2.43 bits per heavy atom. The normalized spacial score (nSPS) is 18.4. The van der Waals surface area contributed by atoms with E-state index >= 15 is 0 Å². The maximum absolute atomic E-state index is 3.50. The van der Waals surface area contributed by atoms with Crippen LogP contribution in [0.2, 0.25) is 0 Å². The minimum atomic E-state index is 0.674. The molecule has 1 fully saturated rings. The second-order valence-corrected chi connectivity index (χ2v) is 6.01. The van der Waals surface area contributed by atoms with E-state index in [1.807, 2.05) is 11.3 Å². The highest BCUT2D eigenvalue weighted by atomic mass is 79.9. The summed E-state index contributed by atoms with van der Waals surface area (Å²) < 4.78 is 1.22. The zero-order valence-electron chi connectivity index (χ0n) is 8.42. The predicted molar refractivity (Wildman–Crippen MR) is 65.9 cm³/mol. The molecule has 1 aliphatic carbocycles.